The molecular weight excluding hydrogens is 501 g/mol. The number of halogens is 2. The molecule has 0 radical (unpaired) electrons. The van der Waals surface area contributed by atoms with E-state index in [-0.39, 0.29) is 22.2 Å². The lowest BCUT2D eigenvalue weighted by Crippen LogP contribution is -2.27. The molecule has 3 aromatic carbocycles. The Morgan fingerprint density at radius 1 is 1.03 bits per heavy atom. The molecule has 4 rings (SSSR count). The largest absolute Gasteiger partial charge is 0.493 e. The molecule has 1 saturated heterocycles. The summed E-state index contributed by atoms with van der Waals surface area (Å²) in [5.41, 5.74) is 1.57. The molecule has 1 aliphatic rings. The van der Waals surface area contributed by atoms with E-state index in [4.69, 9.17) is 44.9 Å². The Kier molecular flexibility index (Phi) is 7.05. The summed E-state index contributed by atoms with van der Waals surface area (Å²) in [5.74, 6) is -0.322. The first-order valence-electron chi connectivity index (χ1n) is 9.55. The van der Waals surface area contributed by atoms with Gasteiger partial charge in [-0.25, -0.2) is 4.79 Å². The van der Waals surface area contributed by atoms with E-state index >= 15 is 0 Å². The SMILES string of the molecule is COc1cc(/C=C2/SC(=S)N(c3ccccc3)C2=O)ccc1OC(=O)c1ccc(Cl)cc1Cl. The molecule has 0 aromatic heterocycles. The third kappa shape index (κ3) is 5.07. The number of hydrogen-bond donors (Lipinski definition) is 0. The van der Waals surface area contributed by atoms with E-state index in [0.29, 0.717) is 31.2 Å². The van der Waals surface area contributed by atoms with Gasteiger partial charge in [-0.15, -0.1) is 0 Å². The molecule has 1 heterocycles. The van der Waals surface area contributed by atoms with Crippen LogP contribution in [0.25, 0.3) is 6.08 Å². The van der Waals surface area contributed by atoms with E-state index < -0.39 is 5.97 Å². The lowest BCUT2D eigenvalue weighted by molar-refractivity contribution is -0.113. The van der Waals surface area contributed by atoms with Crippen LogP contribution in [0.3, 0.4) is 0 Å². The van der Waals surface area contributed by atoms with Crippen molar-refractivity contribution in [1.29, 1.82) is 0 Å². The van der Waals surface area contributed by atoms with Crippen LogP contribution < -0.4 is 14.4 Å². The topological polar surface area (TPSA) is 55.8 Å². The highest BCUT2D eigenvalue weighted by atomic mass is 35.5. The fraction of sp³-hybridized carbons (Fsp3) is 0.0417. The van der Waals surface area contributed by atoms with Crippen LogP contribution >= 0.6 is 47.2 Å². The van der Waals surface area contributed by atoms with Gasteiger partial charge in [0.25, 0.3) is 5.91 Å². The summed E-state index contributed by atoms with van der Waals surface area (Å²) in [6.45, 7) is 0. The quantitative estimate of drug-likeness (QED) is 0.164. The Bertz CT molecular complexity index is 1290. The van der Waals surface area contributed by atoms with Gasteiger partial charge in [0.1, 0.15) is 0 Å². The van der Waals surface area contributed by atoms with E-state index in [1.807, 2.05) is 30.3 Å². The van der Waals surface area contributed by atoms with Gasteiger partial charge in [-0.3, -0.25) is 9.69 Å². The van der Waals surface area contributed by atoms with Gasteiger partial charge in [-0.1, -0.05) is 71.4 Å². The zero-order valence-corrected chi connectivity index (χ0v) is 20.2. The molecule has 0 aliphatic carbocycles. The lowest BCUT2D eigenvalue weighted by Gasteiger charge is -2.13. The number of para-hydroxylation sites is 1. The second-order valence-electron chi connectivity index (χ2n) is 6.78. The summed E-state index contributed by atoms with van der Waals surface area (Å²) in [7, 11) is 1.46. The van der Waals surface area contributed by atoms with Crippen molar-refractivity contribution in [3.05, 3.63) is 92.8 Å². The van der Waals surface area contributed by atoms with E-state index in [1.54, 1.807) is 30.3 Å². The molecule has 1 aliphatic heterocycles. The molecule has 5 nitrogen and oxygen atoms in total. The van der Waals surface area contributed by atoms with Gasteiger partial charge in [-0.2, -0.15) is 0 Å². The van der Waals surface area contributed by atoms with Gasteiger partial charge >= 0.3 is 5.97 Å². The third-order valence-electron chi connectivity index (χ3n) is 4.65. The first kappa shape index (κ1) is 23.3. The van der Waals surface area contributed by atoms with Gasteiger partial charge in [0, 0.05) is 5.02 Å². The molecule has 0 spiro atoms. The van der Waals surface area contributed by atoms with Gasteiger partial charge < -0.3 is 9.47 Å². The molecule has 0 saturated carbocycles. The Morgan fingerprint density at radius 2 is 1.79 bits per heavy atom. The Morgan fingerprint density at radius 3 is 2.48 bits per heavy atom. The highest BCUT2D eigenvalue weighted by Crippen LogP contribution is 2.37. The number of carbonyl (C=O) groups excluding carboxylic acids is 2. The number of thioether (sulfide) groups is 1. The predicted molar refractivity (Wildman–Crippen MR) is 137 cm³/mol. The van der Waals surface area contributed by atoms with Crippen LogP contribution in [0.1, 0.15) is 15.9 Å². The predicted octanol–water partition coefficient (Wildman–Crippen LogP) is 6.63. The number of benzene rings is 3. The standard InChI is InChI=1S/C24H15Cl2NO4S2/c1-30-20-11-14(7-10-19(20)31-23(29)17-9-8-15(25)13-18(17)26)12-21-22(28)27(24(32)33-21)16-5-3-2-4-6-16/h2-13H,1H3/b21-12+. The molecule has 3 aromatic rings. The minimum atomic E-state index is -0.647. The van der Waals surface area contributed by atoms with Crippen molar-refractivity contribution in [2.75, 3.05) is 12.0 Å². The highest BCUT2D eigenvalue weighted by Gasteiger charge is 2.33. The average Bonchev–Trinajstić information content (AvgIpc) is 3.07. The summed E-state index contributed by atoms with van der Waals surface area (Å²) >= 11 is 18.6. The zero-order valence-electron chi connectivity index (χ0n) is 17.1. The second kappa shape index (κ2) is 9.97. The lowest BCUT2D eigenvalue weighted by atomic mass is 10.1. The summed E-state index contributed by atoms with van der Waals surface area (Å²) in [6.07, 6.45) is 1.71. The molecular formula is C24H15Cl2NO4S2. The number of anilines is 1. The maximum Gasteiger partial charge on any atom is 0.345 e. The number of hydrogen-bond acceptors (Lipinski definition) is 6. The Labute approximate surface area is 209 Å². The van der Waals surface area contributed by atoms with Crippen LogP contribution in [-0.2, 0) is 4.79 Å². The number of carbonyl (C=O) groups is 2. The molecule has 0 atom stereocenters. The van der Waals surface area contributed by atoms with Crippen LogP contribution in [0.15, 0.2) is 71.6 Å². The van der Waals surface area contributed by atoms with Gasteiger partial charge in [0.2, 0.25) is 0 Å². The normalized spacial score (nSPS) is 14.6. The van der Waals surface area contributed by atoms with Crippen molar-refractivity contribution in [2.45, 2.75) is 0 Å². The first-order valence-corrected chi connectivity index (χ1v) is 11.5. The Balaban J connectivity index is 1.57. The fourth-order valence-corrected chi connectivity index (χ4v) is 4.87. The monoisotopic (exact) mass is 515 g/mol. The van der Waals surface area contributed by atoms with Crippen molar-refractivity contribution < 1.29 is 19.1 Å². The number of methoxy groups -OCH3 is 1. The van der Waals surface area contributed by atoms with Crippen molar-refractivity contribution in [2.24, 2.45) is 0 Å². The third-order valence-corrected chi connectivity index (χ3v) is 6.50. The van der Waals surface area contributed by atoms with Crippen LogP contribution in [0, 0.1) is 0 Å². The van der Waals surface area contributed by atoms with E-state index in [0.717, 1.165) is 0 Å². The molecule has 0 bridgehead atoms. The molecule has 1 fully saturated rings. The molecule has 1 amide bonds. The molecule has 33 heavy (non-hydrogen) atoms. The highest BCUT2D eigenvalue weighted by molar-refractivity contribution is 8.27. The molecule has 0 N–H and O–H groups in total. The minimum absolute atomic E-state index is 0.178. The number of rotatable bonds is 5. The van der Waals surface area contributed by atoms with Crippen molar-refractivity contribution in [3.8, 4) is 11.5 Å². The van der Waals surface area contributed by atoms with Gasteiger partial charge in [0.15, 0.2) is 15.8 Å². The van der Waals surface area contributed by atoms with Crippen molar-refractivity contribution >= 4 is 75.1 Å². The maximum atomic E-state index is 12.9. The van der Waals surface area contributed by atoms with Crippen LogP contribution in [-0.4, -0.2) is 23.3 Å². The number of esters is 1. The van der Waals surface area contributed by atoms with Crippen molar-refractivity contribution in [1.82, 2.24) is 0 Å². The van der Waals surface area contributed by atoms with Crippen LogP contribution in [0.5, 0.6) is 11.5 Å². The van der Waals surface area contributed by atoms with E-state index in [2.05, 4.69) is 0 Å². The number of thiocarbonyl (C=S) groups is 1. The summed E-state index contributed by atoms with van der Waals surface area (Å²) < 4.78 is 11.3. The van der Waals surface area contributed by atoms with Gasteiger partial charge in [-0.05, 0) is 54.1 Å². The summed E-state index contributed by atoms with van der Waals surface area (Å²) in [4.78, 5) is 27.4. The molecule has 166 valence electrons. The zero-order chi connectivity index (χ0) is 23.5. The Hall–Kier alpha value is -2.84. The van der Waals surface area contributed by atoms with Crippen LogP contribution in [0.2, 0.25) is 10.0 Å². The smallest absolute Gasteiger partial charge is 0.345 e. The van der Waals surface area contributed by atoms with Gasteiger partial charge in [0.05, 0.1) is 28.3 Å². The van der Waals surface area contributed by atoms with Crippen molar-refractivity contribution in [3.63, 3.8) is 0 Å². The fourth-order valence-electron chi connectivity index (χ4n) is 3.09. The second-order valence-corrected chi connectivity index (χ2v) is 9.30. The minimum Gasteiger partial charge on any atom is -0.493 e. The molecule has 0 unspecified atom stereocenters. The number of nitrogens with zero attached hydrogens (tertiary/aromatic N) is 1. The van der Waals surface area contributed by atoms with Crippen LogP contribution in [0.4, 0.5) is 5.69 Å². The maximum absolute atomic E-state index is 12.9. The molecule has 9 heteroatoms. The summed E-state index contributed by atoms with van der Waals surface area (Å²) in [6, 6.07) is 18.7. The van der Waals surface area contributed by atoms with E-state index in [9.17, 15) is 9.59 Å². The first-order chi connectivity index (χ1) is 15.9. The summed E-state index contributed by atoms with van der Waals surface area (Å²) in [5, 5.41) is 0.597. The average molecular weight is 516 g/mol. The number of ether oxygens (including phenoxy) is 2. The van der Waals surface area contributed by atoms with E-state index in [1.165, 1.54) is 35.9 Å². The number of amides is 1.